The number of hydrogen-bond acceptors (Lipinski definition) is 4. The number of ether oxygens (including phenoxy) is 3. The maximum Gasteiger partial charge on any atom is 0.297 e. The van der Waals surface area contributed by atoms with Gasteiger partial charge in [-0.15, -0.1) is 0 Å². The van der Waals surface area contributed by atoms with Crippen molar-refractivity contribution >= 4 is 5.57 Å². The highest BCUT2D eigenvalue weighted by Gasteiger charge is 2.14. The summed E-state index contributed by atoms with van der Waals surface area (Å²) in [7, 11) is 4.45. The smallest absolute Gasteiger partial charge is 0.297 e. The Hall–Kier alpha value is -2.15. The Kier molecular flexibility index (Phi) is 4.22. The number of methoxy groups -OCH3 is 3. The summed E-state index contributed by atoms with van der Waals surface area (Å²) in [4.78, 5) is 0. The van der Waals surface area contributed by atoms with E-state index in [2.05, 4.69) is 0 Å². The van der Waals surface area contributed by atoms with Gasteiger partial charge in [-0.25, -0.2) is 0 Å². The van der Waals surface area contributed by atoms with Crippen molar-refractivity contribution in [3.05, 3.63) is 35.8 Å². The lowest BCUT2D eigenvalue weighted by Gasteiger charge is -2.10. The molecule has 0 heterocycles. The summed E-state index contributed by atoms with van der Waals surface area (Å²) in [5.41, 5.74) is 0.952. The lowest BCUT2D eigenvalue weighted by molar-refractivity contribution is 0.0985. The maximum atomic E-state index is 9.11. The number of nitrogens with zero attached hydrogens (tertiary/aromatic N) is 1. The molecule has 4 nitrogen and oxygen atoms in total. The van der Waals surface area contributed by atoms with Gasteiger partial charge >= 0.3 is 0 Å². The topological polar surface area (TPSA) is 51.5 Å². The second kappa shape index (κ2) is 5.66. The minimum absolute atomic E-state index is 0.173. The molecule has 0 amide bonds. The first-order chi connectivity index (χ1) is 7.78. The van der Waals surface area contributed by atoms with Gasteiger partial charge in [0.2, 0.25) is 0 Å². The first-order valence-electron chi connectivity index (χ1n) is 4.64. The van der Waals surface area contributed by atoms with Crippen molar-refractivity contribution < 1.29 is 14.2 Å². The summed E-state index contributed by atoms with van der Waals surface area (Å²) in [5.74, 6) is 0.776. The Morgan fingerprint density at radius 2 is 1.75 bits per heavy atom. The molecule has 0 atom stereocenters. The van der Waals surface area contributed by atoms with Crippen LogP contribution in [0, 0.1) is 11.3 Å². The van der Waals surface area contributed by atoms with Crippen LogP contribution < -0.4 is 4.74 Å². The van der Waals surface area contributed by atoms with Gasteiger partial charge in [-0.05, 0) is 12.1 Å². The summed E-state index contributed by atoms with van der Waals surface area (Å²) >= 11 is 0. The molecule has 0 radical (unpaired) electrons. The van der Waals surface area contributed by atoms with Gasteiger partial charge in [0.15, 0.2) is 0 Å². The van der Waals surface area contributed by atoms with Crippen molar-refractivity contribution in [2.45, 2.75) is 0 Å². The summed E-state index contributed by atoms with van der Waals surface area (Å²) in [5, 5.41) is 9.11. The molecule has 4 heteroatoms. The molecule has 1 aromatic carbocycles. The molecule has 0 aliphatic carbocycles. The van der Waals surface area contributed by atoms with Crippen molar-refractivity contribution in [1.82, 2.24) is 0 Å². The van der Waals surface area contributed by atoms with Crippen LogP contribution in [0.4, 0.5) is 0 Å². The number of allylic oxidation sites excluding steroid dienone is 1. The van der Waals surface area contributed by atoms with Crippen molar-refractivity contribution in [3.63, 3.8) is 0 Å². The van der Waals surface area contributed by atoms with E-state index in [0.29, 0.717) is 16.9 Å². The average molecular weight is 219 g/mol. The van der Waals surface area contributed by atoms with E-state index in [1.807, 2.05) is 18.2 Å². The van der Waals surface area contributed by atoms with Crippen LogP contribution in [-0.2, 0) is 9.47 Å². The largest absolute Gasteiger partial charge is 0.496 e. The zero-order valence-electron chi connectivity index (χ0n) is 9.48. The van der Waals surface area contributed by atoms with Gasteiger partial charge in [0.05, 0.1) is 21.3 Å². The monoisotopic (exact) mass is 219 g/mol. The molecule has 0 aliphatic heterocycles. The summed E-state index contributed by atoms with van der Waals surface area (Å²) in [6.45, 7) is 0. The molecule has 0 saturated carbocycles. The Morgan fingerprint density at radius 1 is 1.12 bits per heavy atom. The van der Waals surface area contributed by atoms with Gasteiger partial charge < -0.3 is 14.2 Å². The highest BCUT2D eigenvalue weighted by Crippen LogP contribution is 2.27. The van der Waals surface area contributed by atoms with E-state index in [-0.39, 0.29) is 5.95 Å². The SMILES string of the molecule is COC(OC)=C(C#N)c1ccccc1OC. The molecule has 0 saturated heterocycles. The number of nitriles is 1. The zero-order valence-corrected chi connectivity index (χ0v) is 9.48. The van der Waals surface area contributed by atoms with Gasteiger partial charge in [-0.3, -0.25) is 0 Å². The fourth-order valence-electron chi connectivity index (χ4n) is 1.35. The molecular weight excluding hydrogens is 206 g/mol. The van der Waals surface area contributed by atoms with Crippen LogP contribution in [0.2, 0.25) is 0 Å². The molecule has 0 aliphatic rings. The van der Waals surface area contributed by atoms with Crippen LogP contribution in [-0.4, -0.2) is 21.3 Å². The Morgan fingerprint density at radius 3 is 2.25 bits per heavy atom. The van der Waals surface area contributed by atoms with E-state index in [1.165, 1.54) is 14.2 Å². The second-order valence-corrected chi connectivity index (χ2v) is 2.88. The van der Waals surface area contributed by atoms with E-state index in [1.54, 1.807) is 19.2 Å². The Balaban J connectivity index is 3.35. The van der Waals surface area contributed by atoms with Crippen molar-refractivity contribution in [2.24, 2.45) is 0 Å². The van der Waals surface area contributed by atoms with Gasteiger partial charge in [-0.2, -0.15) is 5.26 Å². The third-order valence-electron chi connectivity index (χ3n) is 2.06. The quantitative estimate of drug-likeness (QED) is 0.575. The third kappa shape index (κ3) is 2.26. The summed E-state index contributed by atoms with van der Waals surface area (Å²) in [6, 6.07) is 9.24. The molecule has 0 fully saturated rings. The van der Waals surface area contributed by atoms with Crippen molar-refractivity contribution in [2.75, 3.05) is 21.3 Å². The summed E-state index contributed by atoms with van der Waals surface area (Å²) < 4.78 is 15.1. The van der Waals surface area contributed by atoms with E-state index in [0.717, 1.165) is 0 Å². The van der Waals surface area contributed by atoms with Crippen LogP contribution in [0.15, 0.2) is 30.2 Å². The predicted octanol–water partition coefficient (Wildman–Crippen LogP) is 2.18. The standard InChI is InChI=1S/C12H13NO3/c1-14-11-7-5-4-6-9(11)10(8-13)12(15-2)16-3/h4-7H,1-3H3. The van der Waals surface area contributed by atoms with Gasteiger partial charge in [0.25, 0.3) is 5.95 Å². The lowest BCUT2D eigenvalue weighted by Crippen LogP contribution is -1.97. The van der Waals surface area contributed by atoms with Gasteiger partial charge in [0, 0.05) is 5.56 Å². The fraction of sp³-hybridized carbons (Fsp3) is 0.250. The van der Waals surface area contributed by atoms with Crippen molar-refractivity contribution in [1.29, 1.82) is 5.26 Å². The molecule has 1 rings (SSSR count). The average Bonchev–Trinajstić information content (AvgIpc) is 2.35. The van der Waals surface area contributed by atoms with E-state index >= 15 is 0 Å². The van der Waals surface area contributed by atoms with Crippen LogP contribution in [0.1, 0.15) is 5.56 Å². The number of para-hydroxylation sites is 1. The number of hydrogen-bond donors (Lipinski definition) is 0. The highest BCUT2D eigenvalue weighted by molar-refractivity contribution is 5.80. The molecule has 0 bridgehead atoms. The van der Waals surface area contributed by atoms with Gasteiger partial charge in [-0.1, -0.05) is 12.1 Å². The fourth-order valence-corrected chi connectivity index (χ4v) is 1.35. The van der Waals surface area contributed by atoms with Gasteiger partial charge in [0.1, 0.15) is 17.4 Å². The van der Waals surface area contributed by atoms with Crippen LogP contribution in [0.3, 0.4) is 0 Å². The van der Waals surface area contributed by atoms with Crippen LogP contribution in [0.5, 0.6) is 5.75 Å². The lowest BCUT2D eigenvalue weighted by atomic mass is 10.1. The highest BCUT2D eigenvalue weighted by atomic mass is 16.7. The van der Waals surface area contributed by atoms with E-state index in [9.17, 15) is 0 Å². The molecule has 0 spiro atoms. The normalized spacial score (nSPS) is 8.88. The van der Waals surface area contributed by atoms with Crippen molar-refractivity contribution in [3.8, 4) is 11.8 Å². The summed E-state index contributed by atoms with van der Waals surface area (Å²) in [6.07, 6.45) is 0. The first-order valence-corrected chi connectivity index (χ1v) is 4.64. The van der Waals surface area contributed by atoms with Crippen LogP contribution >= 0.6 is 0 Å². The predicted molar refractivity (Wildman–Crippen MR) is 59.5 cm³/mol. The third-order valence-corrected chi connectivity index (χ3v) is 2.06. The molecule has 0 aromatic heterocycles. The maximum absolute atomic E-state index is 9.11. The van der Waals surface area contributed by atoms with E-state index < -0.39 is 0 Å². The second-order valence-electron chi connectivity index (χ2n) is 2.88. The molecule has 16 heavy (non-hydrogen) atoms. The number of benzene rings is 1. The zero-order chi connectivity index (χ0) is 12.0. The van der Waals surface area contributed by atoms with Crippen LogP contribution in [0.25, 0.3) is 5.57 Å². The molecule has 84 valence electrons. The molecule has 1 aromatic rings. The molecule has 0 unspecified atom stereocenters. The number of rotatable bonds is 4. The first kappa shape index (κ1) is 11.9. The minimum atomic E-state index is 0.173. The molecule has 0 N–H and O–H groups in total. The Labute approximate surface area is 94.7 Å². The Bertz CT molecular complexity index is 426. The molecular formula is C12H13NO3. The minimum Gasteiger partial charge on any atom is -0.496 e. The van der Waals surface area contributed by atoms with E-state index in [4.69, 9.17) is 19.5 Å².